The van der Waals surface area contributed by atoms with E-state index in [4.69, 9.17) is 21.1 Å². The van der Waals surface area contributed by atoms with Gasteiger partial charge in [-0.15, -0.1) is 0 Å². The Morgan fingerprint density at radius 3 is 2.83 bits per heavy atom. The quantitative estimate of drug-likeness (QED) is 0.815. The predicted molar refractivity (Wildman–Crippen MR) is 84.8 cm³/mol. The van der Waals surface area contributed by atoms with E-state index in [1.807, 2.05) is 0 Å². The van der Waals surface area contributed by atoms with Crippen molar-refractivity contribution in [1.29, 1.82) is 0 Å². The second kappa shape index (κ2) is 6.37. The lowest BCUT2D eigenvalue weighted by molar-refractivity contribution is -0.133. The first kappa shape index (κ1) is 16.1. The third kappa shape index (κ3) is 3.14. The molecule has 0 radical (unpaired) electrons. The molecular formula is C16H19ClN2O4. The predicted octanol–water partition coefficient (Wildman–Crippen LogP) is 1.28. The normalized spacial score (nSPS) is 24.4. The van der Waals surface area contributed by atoms with E-state index in [1.165, 1.54) is 7.11 Å². The molecule has 2 fully saturated rings. The van der Waals surface area contributed by atoms with Crippen molar-refractivity contribution in [3.63, 3.8) is 0 Å². The van der Waals surface area contributed by atoms with Gasteiger partial charge in [0.1, 0.15) is 5.75 Å². The molecule has 0 N–H and O–H groups in total. The molecule has 23 heavy (non-hydrogen) atoms. The smallest absolute Gasteiger partial charge is 0.254 e. The number of carbonyl (C=O) groups excluding carboxylic acids is 2. The zero-order valence-corrected chi connectivity index (χ0v) is 13.9. The molecule has 2 atom stereocenters. The van der Waals surface area contributed by atoms with E-state index < -0.39 is 0 Å². The highest BCUT2D eigenvalue weighted by atomic mass is 35.5. The maximum atomic E-state index is 12.9. The molecule has 7 heteroatoms. The third-order valence-corrected chi connectivity index (χ3v) is 4.61. The van der Waals surface area contributed by atoms with Crippen LogP contribution in [0.2, 0.25) is 5.02 Å². The maximum absolute atomic E-state index is 12.9. The Balaban J connectivity index is 1.88. The lowest BCUT2D eigenvalue weighted by atomic mass is 10.1. The van der Waals surface area contributed by atoms with Gasteiger partial charge in [0.15, 0.2) is 0 Å². The standard InChI is InChI=1S/C16H19ClN2O4/c1-18-13-7-19(6-11(15(18)20)8-23-9-13)16(21)10-3-12(17)5-14(4-10)22-2/h3-5,11,13H,6-9H2,1-2H3/t11-,13+/m1/s1. The van der Waals surface area contributed by atoms with Gasteiger partial charge in [0.25, 0.3) is 5.91 Å². The molecule has 2 aliphatic heterocycles. The van der Waals surface area contributed by atoms with Crippen molar-refractivity contribution in [2.45, 2.75) is 6.04 Å². The minimum absolute atomic E-state index is 0.0338. The van der Waals surface area contributed by atoms with Crippen molar-refractivity contribution in [2.75, 3.05) is 40.5 Å². The molecule has 6 nitrogen and oxygen atoms in total. The lowest BCUT2D eigenvalue weighted by Crippen LogP contribution is -2.45. The van der Waals surface area contributed by atoms with Crippen LogP contribution >= 0.6 is 11.6 Å². The molecule has 2 bridgehead atoms. The Morgan fingerprint density at radius 1 is 1.30 bits per heavy atom. The summed E-state index contributed by atoms with van der Waals surface area (Å²) in [5, 5.41) is 0.444. The monoisotopic (exact) mass is 338 g/mol. The first-order valence-electron chi connectivity index (χ1n) is 7.48. The number of nitrogens with zero attached hydrogens (tertiary/aromatic N) is 2. The molecule has 0 aromatic heterocycles. The Morgan fingerprint density at radius 2 is 2.09 bits per heavy atom. The zero-order valence-electron chi connectivity index (χ0n) is 13.1. The van der Waals surface area contributed by atoms with Crippen molar-refractivity contribution in [3.05, 3.63) is 28.8 Å². The summed E-state index contributed by atoms with van der Waals surface area (Å²) in [5.41, 5.74) is 0.463. The second-order valence-corrected chi connectivity index (χ2v) is 6.36. The largest absolute Gasteiger partial charge is 0.497 e. The summed E-state index contributed by atoms with van der Waals surface area (Å²) in [5.74, 6) is 0.0993. The van der Waals surface area contributed by atoms with Gasteiger partial charge in [-0.25, -0.2) is 0 Å². The molecule has 0 aliphatic carbocycles. The lowest BCUT2D eigenvalue weighted by Gasteiger charge is -2.29. The fourth-order valence-electron chi connectivity index (χ4n) is 3.05. The van der Waals surface area contributed by atoms with Gasteiger partial charge in [-0.3, -0.25) is 9.59 Å². The summed E-state index contributed by atoms with van der Waals surface area (Å²) in [6.07, 6.45) is 0. The van der Waals surface area contributed by atoms with Crippen molar-refractivity contribution in [1.82, 2.24) is 9.80 Å². The average Bonchev–Trinajstić information content (AvgIpc) is 2.71. The van der Waals surface area contributed by atoms with Crippen LogP contribution in [0.5, 0.6) is 5.75 Å². The molecule has 1 aromatic carbocycles. The minimum atomic E-state index is -0.322. The molecule has 2 saturated heterocycles. The Hall–Kier alpha value is -1.79. The number of fused-ring (bicyclic) bond motifs is 3. The molecule has 3 rings (SSSR count). The van der Waals surface area contributed by atoms with E-state index in [1.54, 1.807) is 35.0 Å². The van der Waals surface area contributed by atoms with Gasteiger partial charge in [-0.05, 0) is 18.2 Å². The van der Waals surface area contributed by atoms with Crippen LogP contribution in [0.4, 0.5) is 0 Å². The number of benzene rings is 1. The topological polar surface area (TPSA) is 59.1 Å². The number of halogens is 1. The Labute approximate surface area is 139 Å². The average molecular weight is 339 g/mol. The third-order valence-electron chi connectivity index (χ3n) is 4.39. The summed E-state index contributed by atoms with van der Waals surface area (Å²) < 4.78 is 10.7. The van der Waals surface area contributed by atoms with E-state index in [0.29, 0.717) is 42.6 Å². The molecule has 1 aromatic rings. The Bertz CT molecular complexity index is 637. The van der Waals surface area contributed by atoms with Crippen LogP contribution in [0.3, 0.4) is 0 Å². The van der Waals surface area contributed by atoms with Crippen LogP contribution in [-0.2, 0) is 9.53 Å². The first-order valence-corrected chi connectivity index (χ1v) is 7.85. The summed E-state index contributed by atoms with van der Waals surface area (Å²) in [6.45, 7) is 1.60. The number of methoxy groups -OCH3 is 1. The molecule has 2 amide bonds. The van der Waals surface area contributed by atoms with Crippen LogP contribution in [0.15, 0.2) is 18.2 Å². The fourth-order valence-corrected chi connectivity index (χ4v) is 3.28. The fraction of sp³-hybridized carbons (Fsp3) is 0.500. The number of hydrogen-bond donors (Lipinski definition) is 0. The van der Waals surface area contributed by atoms with Crippen molar-refractivity contribution >= 4 is 23.4 Å². The number of hydrogen-bond acceptors (Lipinski definition) is 4. The highest BCUT2D eigenvalue weighted by Gasteiger charge is 2.38. The van der Waals surface area contributed by atoms with Crippen LogP contribution in [0.1, 0.15) is 10.4 Å². The molecule has 0 unspecified atom stereocenters. The molecular weight excluding hydrogens is 320 g/mol. The number of rotatable bonds is 2. The number of carbonyl (C=O) groups is 2. The van der Waals surface area contributed by atoms with E-state index in [2.05, 4.69) is 0 Å². The Kier molecular flexibility index (Phi) is 4.46. The molecule has 124 valence electrons. The van der Waals surface area contributed by atoms with Crippen LogP contribution in [-0.4, -0.2) is 68.1 Å². The summed E-state index contributed by atoms with van der Waals surface area (Å²) >= 11 is 6.05. The summed E-state index contributed by atoms with van der Waals surface area (Å²) in [7, 11) is 3.30. The van der Waals surface area contributed by atoms with Crippen LogP contribution in [0.25, 0.3) is 0 Å². The molecule has 0 saturated carbocycles. The van der Waals surface area contributed by atoms with Gasteiger partial charge in [-0.1, -0.05) is 11.6 Å². The van der Waals surface area contributed by atoms with Crippen LogP contribution < -0.4 is 4.74 Å². The number of ether oxygens (including phenoxy) is 2. The number of likely N-dealkylation sites (N-methyl/N-ethyl adjacent to an activating group) is 1. The second-order valence-electron chi connectivity index (χ2n) is 5.93. The van der Waals surface area contributed by atoms with E-state index in [9.17, 15) is 9.59 Å². The maximum Gasteiger partial charge on any atom is 0.254 e. The van der Waals surface area contributed by atoms with Crippen molar-refractivity contribution in [3.8, 4) is 5.75 Å². The SMILES string of the molecule is COc1cc(Cl)cc(C(=O)N2C[C@@H]3COC[C@H](C2)N(C)C3=O)c1. The van der Waals surface area contributed by atoms with E-state index in [0.717, 1.165) is 0 Å². The van der Waals surface area contributed by atoms with Gasteiger partial charge < -0.3 is 19.3 Å². The molecule has 0 spiro atoms. The summed E-state index contributed by atoms with van der Waals surface area (Å²) in [4.78, 5) is 28.6. The van der Waals surface area contributed by atoms with E-state index >= 15 is 0 Å². The molecule has 2 aliphatic rings. The van der Waals surface area contributed by atoms with Crippen molar-refractivity contribution in [2.24, 2.45) is 5.92 Å². The zero-order chi connectivity index (χ0) is 16.6. The van der Waals surface area contributed by atoms with Crippen LogP contribution in [0, 0.1) is 5.92 Å². The van der Waals surface area contributed by atoms with Gasteiger partial charge in [0.2, 0.25) is 5.91 Å². The highest BCUT2D eigenvalue weighted by molar-refractivity contribution is 6.31. The summed E-state index contributed by atoms with van der Waals surface area (Å²) in [6, 6.07) is 4.81. The van der Waals surface area contributed by atoms with Gasteiger partial charge in [-0.2, -0.15) is 0 Å². The number of amides is 2. The first-order chi connectivity index (χ1) is 11.0. The van der Waals surface area contributed by atoms with Gasteiger partial charge in [0.05, 0.1) is 32.3 Å². The highest BCUT2D eigenvalue weighted by Crippen LogP contribution is 2.25. The minimum Gasteiger partial charge on any atom is -0.497 e. The van der Waals surface area contributed by atoms with E-state index in [-0.39, 0.29) is 23.8 Å². The molecule has 2 heterocycles. The van der Waals surface area contributed by atoms with Crippen molar-refractivity contribution < 1.29 is 19.1 Å². The van der Waals surface area contributed by atoms with Gasteiger partial charge >= 0.3 is 0 Å². The van der Waals surface area contributed by atoms with Gasteiger partial charge in [0, 0.05) is 30.7 Å².